The molecule has 0 aromatic heterocycles. The van der Waals surface area contributed by atoms with Gasteiger partial charge in [0.05, 0.1) is 18.2 Å². The normalized spacial score (nSPS) is 19.7. The SMILES string of the molecule is COC(C)(C)CC1CN=C(N)N1c1ccc(C)cc1. The molecule has 1 aliphatic rings. The Hall–Kier alpha value is -1.55. The smallest absolute Gasteiger partial charge is 0.196 e. The van der Waals surface area contributed by atoms with Crippen LogP contribution in [0.5, 0.6) is 0 Å². The van der Waals surface area contributed by atoms with Crippen molar-refractivity contribution < 1.29 is 4.74 Å². The molecule has 0 saturated carbocycles. The van der Waals surface area contributed by atoms with Crippen molar-refractivity contribution >= 4 is 11.6 Å². The highest BCUT2D eigenvalue weighted by atomic mass is 16.5. The number of methoxy groups -OCH3 is 1. The van der Waals surface area contributed by atoms with Gasteiger partial charge in [0.1, 0.15) is 0 Å². The van der Waals surface area contributed by atoms with Crippen molar-refractivity contribution in [2.45, 2.75) is 38.8 Å². The van der Waals surface area contributed by atoms with Crippen LogP contribution in [0.4, 0.5) is 5.69 Å². The second-order valence-corrected chi connectivity index (χ2v) is 5.73. The Kier molecular flexibility index (Phi) is 3.80. The Balaban J connectivity index is 2.20. The molecule has 2 N–H and O–H groups in total. The second-order valence-electron chi connectivity index (χ2n) is 5.73. The van der Waals surface area contributed by atoms with Crippen molar-refractivity contribution in [3.05, 3.63) is 29.8 Å². The van der Waals surface area contributed by atoms with Gasteiger partial charge in [0.25, 0.3) is 0 Å². The number of guanidine groups is 1. The standard InChI is InChI=1S/C15H23N3O/c1-11-5-7-12(8-6-11)18-13(10-17-14(18)16)9-15(2,3)19-4/h5-8,13H,9-10H2,1-4H3,(H2,16,17). The molecule has 104 valence electrons. The molecule has 2 rings (SSSR count). The minimum Gasteiger partial charge on any atom is -0.379 e. The molecule has 4 heteroatoms. The Morgan fingerprint density at radius 3 is 2.58 bits per heavy atom. The summed E-state index contributed by atoms with van der Waals surface area (Å²) in [6.45, 7) is 6.99. The molecule has 1 unspecified atom stereocenters. The first kappa shape index (κ1) is 13.9. The van der Waals surface area contributed by atoms with E-state index < -0.39 is 0 Å². The molecule has 0 amide bonds. The van der Waals surface area contributed by atoms with Gasteiger partial charge in [0.15, 0.2) is 5.96 Å². The van der Waals surface area contributed by atoms with Crippen LogP contribution in [0.2, 0.25) is 0 Å². The highest BCUT2D eigenvalue weighted by Gasteiger charge is 2.32. The fraction of sp³-hybridized carbons (Fsp3) is 0.533. The summed E-state index contributed by atoms with van der Waals surface area (Å²) in [7, 11) is 1.75. The van der Waals surface area contributed by atoms with E-state index in [-0.39, 0.29) is 11.6 Å². The third-order valence-electron chi connectivity index (χ3n) is 3.67. The lowest BCUT2D eigenvalue weighted by atomic mass is 9.98. The van der Waals surface area contributed by atoms with Crippen molar-refractivity contribution in [2.24, 2.45) is 10.7 Å². The van der Waals surface area contributed by atoms with E-state index in [1.165, 1.54) is 5.56 Å². The van der Waals surface area contributed by atoms with Crippen molar-refractivity contribution in [1.82, 2.24) is 0 Å². The summed E-state index contributed by atoms with van der Waals surface area (Å²) in [4.78, 5) is 6.49. The molecule has 0 bridgehead atoms. The van der Waals surface area contributed by atoms with Crippen molar-refractivity contribution in [2.75, 3.05) is 18.6 Å². The number of benzene rings is 1. The third kappa shape index (κ3) is 3.07. The van der Waals surface area contributed by atoms with Crippen molar-refractivity contribution in [3.8, 4) is 0 Å². The van der Waals surface area contributed by atoms with Crippen molar-refractivity contribution in [1.29, 1.82) is 0 Å². The number of nitrogens with two attached hydrogens (primary N) is 1. The monoisotopic (exact) mass is 261 g/mol. The minimum absolute atomic E-state index is 0.173. The van der Waals surface area contributed by atoms with Gasteiger partial charge < -0.3 is 15.4 Å². The van der Waals surface area contributed by atoms with Crippen LogP contribution >= 0.6 is 0 Å². The van der Waals surface area contributed by atoms with Gasteiger partial charge in [-0.2, -0.15) is 0 Å². The molecule has 1 heterocycles. The van der Waals surface area contributed by atoms with Gasteiger partial charge in [0, 0.05) is 12.8 Å². The van der Waals surface area contributed by atoms with Crippen LogP contribution < -0.4 is 10.6 Å². The second kappa shape index (κ2) is 5.21. The van der Waals surface area contributed by atoms with E-state index in [1.807, 2.05) is 0 Å². The van der Waals surface area contributed by atoms with E-state index in [2.05, 4.69) is 54.9 Å². The van der Waals surface area contributed by atoms with E-state index >= 15 is 0 Å². The van der Waals surface area contributed by atoms with Gasteiger partial charge in [-0.3, -0.25) is 4.99 Å². The number of aryl methyl sites for hydroxylation is 1. The highest BCUT2D eigenvalue weighted by molar-refractivity contribution is 5.97. The maximum atomic E-state index is 6.03. The Labute approximate surface area is 115 Å². The van der Waals surface area contributed by atoms with Crippen LogP contribution in [0.1, 0.15) is 25.8 Å². The number of rotatable bonds is 4. The van der Waals surface area contributed by atoms with E-state index in [1.54, 1.807) is 7.11 Å². The summed E-state index contributed by atoms with van der Waals surface area (Å²) in [6, 6.07) is 8.64. The molecule has 1 atom stereocenters. The van der Waals surface area contributed by atoms with Gasteiger partial charge in [-0.15, -0.1) is 0 Å². The lowest BCUT2D eigenvalue weighted by molar-refractivity contribution is 0.0114. The van der Waals surface area contributed by atoms with Crippen molar-refractivity contribution in [3.63, 3.8) is 0 Å². The van der Waals surface area contributed by atoms with E-state index in [9.17, 15) is 0 Å². The van der Waals surface area contributed by atoms with Gasteiger partial charge in [-0.25, -0.2) is 0 Å². The number of ether oxygens (including phenoxy) is 1. The molecule has 0 saturated heterocycles. The predicted molar refractivity (Wildman–Crippen MR) is 79.6 cm³/mol. The number of aliphatic imine (C=N–C) groups is 1. The van der Waals surface area contributed by atoms with Crippen LogP contribution in [-0.4, -0.2) is 31.3 Å². The molecule has 1 aromatic rings. The van der Waals surface area contributed by atoms with Gasteiger partial charge in [-0.05, 0) is 39.3 Å². The third-order valence-corrected chi connectivity index (χ3v) is 3.67. The molecule has 0 fully saturated rings. The molecule has 0 spiro atoms. The topological polar surface area (TPSA) is 50.9 Å². The molecule has 4 nitrogen and oxygen atoms in total. The van der Waals surface area contributed by atoms with Gasteiger partial charge in [-0.1, -0.05) is 17.7 Å². The number of hydrogen-bond acceptors (Lipinski definition) is 4. The summed E-state index contributed by atoms with van der Waals surface area (Å²) >= 11 is 0. The lowest BCUT2D eigenvalue weighted by Gasteiger charge is -2.32. The molecule has 0 radical (unpaired) electrons. The molecule has 1 aromatic carbocycles. The van der Waals surface area contributed by atoms with Gasteiger partial charge >= 0.3 is 0 Å². The number of nitrogens with zero attached hydrogens (tertiary/aromatic N) is 2. The first-order valence-electron chi connectivity index (χ1n) is 6.64. The minimum atomic E-state index is -0.173. The molecular weight excluding hydrogens is 238 g/mol. The number of hydrogen-bond donors (Lipinski definition) is 1. The Bertz CT molecular complexity index is 465. The van der Waals surface area contributed by atoms with Crippen LogP contribution in [0, 0.1) is 6.92 Å². The van der Waals surface area contributed by atoms with Crippen LogP contribution in [0.3, 0.4) is 0 Å². The molecular formula is C15H23N3O. The van der Waals surface area contributed by atoms with E-state index in [0.29, 0.717) is 5.96 Å². The Morgan fingerprint density at radius 1 is 1.37 bits per heavy atom. The Morgan fingerprint density at radius 2 is 2.00 bits per heavy atom. The predicted octanol–water partition coefficient (Wildman–Crippen LogP) is 2.31. The quantitative estimate of drug-likeness (QED) is 0.905. The summed E-state index contributed by atoms with van der Waals surface area (Å²) < 4.78 is 5.52. The van der Waals surface area contributed by atoms with Crippen LogP contribution in [0.25, 0.3) is 0 Å². The maximum Gasteiger partial charge on any atom is 0.196 e. The summed E-state index contributed by atoms with van der Waals surface area (Å²) in [5, 5.41) is 0. The zero-order valence-electron chi connectivity index (χ0n) is 12.2. The zero-order chi connectivity index (χ0) is 14.0. The largest absolute Gasteiger partial charge is 0.379 e. The van der Waals surface area contributed by atoms with Crippen LogP contribution in [-0.2, 0) is 4.74 Å². The van der Waals surface area contributed by atoms with Crippen LogP contribution in [0.15, 0.2) is 29.3 Å². The molecule has 19 heavy (non-hydrogen) atoms. The van der Waals surface area contributed by atoms with E-state index in [4.69, 9.17) is 10.5 Å². The first-order chi connectivity index (χ1) is 8.93. The molecule has 0 aliphatic carbocycles. The van der Waals surface area contributed by atoms with Gasteiger partial charge in [0.2, 0.25) is 0 Å². The molecule has 1 aliphatic heterocycles. The highest BCUT2D eigenvalue weighted by Crippen LogP contribution is 2.27. The zero-order valence-corrected chi connectivity index (χ0v) is 12.2. The average molecular weight is 261 g/mol. The number of anilines is 1. The summed E-state index contributed by atoms with van der Waals surface area (Å²) in [5.41, 5.74) is 8.20. The summed E-state index contributed by atoms with van der Waals surface area (Å²) in [6.07, 6.45) is 0.890. The van der Waals surface area contributed by atoms with E-state index in [0.717, 1.165) is 18.7 Å². The summed E-state index contributed by atoms with van der Waals surface area (Å²) in [5.74, 6) is 0.598. The average Bonchev–Trinajstić information content (AvgIpc) is 2.71. The maximum absolute atomic E-state index is 6.03. The lowest BCUT2D eigenvalue weighted by Crippen LogP contribution is -2.44. The fourth-order valence-corrected chi connectivity index (χ4v) is 2.40. The first-order valence-corrected chi connectivity index (χ1v) is 6.64. The fourth-order valence-electron chi connectivity index (χ4n) is 2.40.